The second-order valence-electron chi connectivity index (χ2n) is 1.58. The lowest BCUT2D eigenvalue weighted by Gasteiger charge is -1.90. The molecule has 0 bridgehead atoms. The van der Waals surface area contributed by atoms with Crippen LogP contribution in [-0.2, 0) is 0 Å². The van der Waals surface area contributed by atoms with E-state index in [0.717, 1.165) is 11.9 Å². The molecule has 0 aliphatic carbocycles. The molecule has 0 radical (unpaired) electrons. The maximum Gasteiger partial charge on any atom is 0.295 e. The fourth-order valence-electron chi connectivity index (χ4n) is 0.515. The Labute approximate surface area is 60.5 Å². The smallest absolute Gasteiger partial charge is 0.295 e. The predicted molar refractivity (Wildman–Crippen MR) is 33.7 cm³/mol. The highest BCUT2D eigenvalue weighted by Crippen LogP contribution is 2.24. The molecule has 0 aliphatic heterocycles. The molecule has 0 saturated carbocycles. The molecular formula is C5H5F2NOS. The molecule has 1 rings (SSSR count). The number of hydrogen-bond donors (Lipinski definition) is 1. The number of nitrogens with two attached hydrogens (primary N) is 1. The van der Waals surface area contributed by atoms with Gasteiger partial charge in [-0.15, -0.1) is 0 Å². The van der Waals surface area contributed by atoms with E-state index in [2.05, 4.69) is 4.42 Å². The van der Waals surface area contributed by atoms with Crippen molar-refractivity contribution in [2.75, 3.05) is 0 Å². The Hall–Kier alpha value is -0.550. The fraction of sp³-hybridized carbons (Fsp3) is 0.200. The molecule has 0 fully saturated rings. The average molecular weight is 165 g/mol. The van der Waals surface area contributed by atoms with E-state index in [1.807, 2.05) is 0 Å². The summed E-state index contributed by atoms with van der Waals surface area (Å²) in [6.45, 7) is 0. The number of hydrogen-bond acceptors (Lipinski definition) is 3. The van der Waals surface area contributed by atoms with Gasteiger partial charge in [0.1, 0.15) is 0 Å². The van der Waals surface area contributed by atoms with Gasteiger partial charge >= 0.3 is 0 Å². The zero-order valence-corrected chi connectivity index (χ0v) is 5.70. The molecule has 2 N–H and O–H groups in total. The Morgan fingerprint density at radius 1 is 1.50 bits per heavy atom. The first-order valence-electron chi connectivity index (χ1n) is 2.48. The van der Waals surface area contributed by atoms with Crippen molar-refractivity contribution in [3.63, 3.8) is 0 Å². The van der Waals surface area contributed by atoms with Gasteiger partial charge in [-0.05, 0) is 24.1 Å². The Morgan fingerprint density at radius 2 is 2.20 bits per heavy atom. The number of rotatable bonds is 2. The SMILES string of the molecule is NSc1ccc(C(F)F)o1. The summed E-state index contributed by atoms with van der Waals surface area (Å²) < 4.78 is 28.1. The van der Waals surface area contributed by atoms with E-state index < -0.39 is 6.43 Å². The van der Waals surface area contributed by atoms with Crippen LogP contribution in [0.2, 0.25) is 0 Å². The van der Waals surface area contributed by atoms with Gasteiger partial charge in [-0.2, -0.15) is 0 Å². The minimum absolute atomic E-state index is 0.301. The highest BCUT2D eigenvalue weighted by atomic mass is 32.2. The zero-order chi connectivity index (χ0) is 7.56. The standard InChI is InChI=1S/C5H5F2NOS/c6-5(7)3-1-2-4(9-3)10-8/h1-2,5H,8H2. The van der Waals surface area contributed by atoms with Gasteiger partial charge in [-0.25, -0.2) is 8.78 Å². The van der Waals surface area contributed by atoms with Gasteiger partial charge in [0.15, 0.2) is 10.9 Å². The van der Waals surface area contributed by atoms with Crippen molar-refractivity contribution in [2.45, 2.75) is 11.5 Å². The first kappa shape index (κ1) is 7.56. The fourth-order valence-corrected chi connectivity index (χ4v) is 0.806. The van der Waals surface area contributed by atoms with Crippen LogP contribution >= 0.6 is 11.9 Å². The molecule has 1 aromatic rings. The monoisotopic (exact) mass is 165 g/mol. The van der Waals surface area contributed by atoms with E-state index in [1.54, 1.807) is 0 Å². The molecule has 10 heavy (non-hydrogen) atoms. The normalized spacial score (nSPS) is 10.8. The first-order chi connectivity index (χ1) is 4.74. The largest absolute Gasteiger partial charge is 0.448 e. The van der Waals surface area contributed by atoms with Crippen molar-refractivity contribution < 1.29 is 13.2 Å². The van der Waals surface area contributed by atoms with Gasteiger partial charge in [0, 0.05) is 0 Å². The summed E-state index contributed by atoms with van der Waals surface area (Å²) in [6.07, 6.45) is -2.55. The lowest BCUT2D eigenvalue weighted by atomic mass is 10.5. The van der Waals surface area contributed by atoms with E-state index >= 15 is 0 Å². The van der Waals surface area contributed by atoms with Gasteiger partial charge < -0.3 is 4.42 Å². The van der Waals surface area contributed by atoms with E-state index in [-0.39, 0.29) is 5.76 Å². The van der Waals surface area contributed by atoms with Gasteiger partial charge in [0.25, 0.3) is 6.43 Å². The van der Waals surface area contributed by atoms with Crippen molar-refractivity contribution in [3.8, 4) is 0 Å². The molecule has 1 heterocycles. The molecule has 2 nitrogen and oxygen atoms in total. The van der Waals surface area contributed by atoms with Crippen molar-refractivity contribution in [3.05, 3.63) is 17.9 Å². The van der Waals surface area contributed by atoms with Crippen molar-refractivity contribution >= 4 is 11.9 Å². The van der Waals surface area contributed by atoms with Crippen LogP contribution in [0.4, 0.5) is 8.78 Å². The molecule has 0 saturated heterocycles. The van der Waals surface area contributed by atoms with E-state index in [1.165, 1.54) is 12.1 Å². The lowest BCUT2D eigenvalue weighted by Crippen LogP contribution is -1.77. The summed E-state index contributed by atoms with van der Waals surface area (Å²) in [5, 5.41) is 5.34. The Kier molecular flexibility index (Phi) is 2.29. The maximum atomic E-state index is 11.8. The molecule has 56 valence electrons. The van der Waals surface area contributed by atoms with Crippen LogP contribution in [0, 0.1) is 0 Å². The van der Waals surface area contributed by atoms with Gasteiger partial charge in [-0.1, -0.05) is 0 Å². The first-order valence-corrected chi connectivity index (χ1v) is 3.36. The molecule has 0 unspecified atom stereocenters. The molecule has 0 amide bonds. The third-order valence-electron chi connectivity index (χ3n) is 0.933. The molecular weight excluding hydrogens is 160 g/mol. The van der Waals surface area contributed by atoms with Crippen LogP contribution in [0.15, 0.2) is 21.6 Å². The quantitative estimate of drug-likeness (QED) is 0.682. The van der Waals surface area contributed by atoms with Gasteiger partial charge in [0.2, 0.25) is 0 Å². The molecule has 1 aromatic heterocycles. The summed E-state index contributed by atoms with van der Waals surface area (Å²) in [7, 11) is 0. The third kappa shape index (κ3) is 1.48. The van der Waals surface area contributed by atoms with E-state index in [4.69, 9.17) is 5.14 Å². The zero-order valence-electron chi connectivity index (χ0n) is 4.88. The highest BCUT2D eigenvalue weighted by Gasteiger charge is 2.11. The third-order valence-corrected chi connectivity index (χ3v) is 1.39. The average Bonchev–Trinajstić information content (AvgIpc) is 2.34. The van der Waals surface area contributed by atoms with Crippen molar-refractivity contribution in [2.24, 2.45) is 5.14 Å². The maximum absolute atomic E-state index is 11.8. The van der Waals surface area contributed by atoms with Gasteiger partial charge in [0.05, 0.1) is 0 Å². The van der Waals surface area contributed by atoms with Crippen LogP contribution in [0.5, 0.6) is 0 Å². The van der Waals surface area contributed by atoms with Crippen LogP contribution in [0.25, 0.3) is 0 Å². The molecule has 0 atom stereocenters. The second-order valence-corrected chi connectivity index (χ2v) is 2.21. The van der Waals surface area contributed by atoms with Crippen LogP contribution < -0.4 is 5.14 Å². The number of alkyl halides is 2. The minimum atomic E-state index is -2.55. The van der Waals surface area contributed by atoms with E-state index in [0.29, 0.717) is 5.09 Å². The highest BCUT2D eigenvalue weighted by molar-refractivity contribution is 7.96. The molecule has 0 aliphatic rings. The van der Waals surface area contributed by atoms with Gasteiger partial charge in [-0.3, -0.25) is 5.14 Å². The summed E-state index contributed by atoms with van der Waals surface area (Å²) in [5.41, 5.74) is 0. The summed E-state index contributed by atoms with van der Waals surface area (Å²) in [6, 6.07) is 2.62. The van der Waals surface area contributed by atoms with Crippen LogP contribution in [-0.4, -0.2) is 0 Å². The topological polar surface area (TPSA) is 39.2 Å². The Morgan fingerprint density at radius 3 is 2.50 bits per heavy atom. The lowest BCUT2D eigenvalue weighted by molar-refractivity contribution is 0.116. The van der Waals surface area contributed by atoms with Crippen LogP contribution in [0.1, 0.15) is 12.2 Å². The Balaban J connectivity index is 2.78. The van der Waals surface area contributed by atoms with Crippen molar-refractivity contribution in [1.29, 1.82) is 0 Å². The predicted octanol–water partition coefficient (Wildman–Crippen LogP) is 2.18. The molecule has 0 spiro atoms. The Bertz CT molecular complexity index is 213. The van der Waals surface area contributed by atoms with Crippen LogP contribution in [0.3, 0.4) is 0 Å². The minimum Gasteiger partial charge on any atom is -0.448 e. The number of furan rings is 1. The molecule has 5 heteroatoms. The summed E-state index contributed by atoms with van der Waals surface area (Å²) in [4.78, 5) is 0. The van der Waals surface area contributed by atoms with Crippen molar-refractivity contribution in [1.82, 2.24) is 0 Å². The summed E-state index contributed by atoms with van der Waals surface area (Å²) in [5.74, 6) is -0.340. The second kappa shape index (κ2) is 3.03. The number of halogens is 2. The van der Waals surface area contributed by atoms with E-state index in [9.17, 15) is 8.78 Å². The summed E-state index contributed by atoms with van der Waals surface area (Å²) >= 11 is 0.807. The molecule has 0 aromatic carbocycles.